The van der Waals surface area contributed by atoms with Crippen molar-refractivity contribution in [3.05, 3.63) is 65.0 Å². The van der Waals surface area contributed by atoms with E-state index in [1.807, 2.05) is 44.2 Å². The molecular formula is C28H39N7O2. The third-order valence-electron chi connectivity index (χ3n) is 6.06. The number of hydrogen-bond donors (Lipinski definition) is 4. The zero-order valence-electron chi connectivity index (χ0n) is 22.6. The Morgan fingerprint density at radius 2 is 1.76 bits per heavy atom. The summed E-state index contributed by atoms with van der Waals surface area (Å²) >= 11 is 0. The smallest absolute Gasteiger partial charge is 0.229 e. The van der Waals surface area contributed by atoms with Gasteiger partial charge in [0.05, 0.1) is 23.5 Å². The van der Waals surface area contributed by atoms with Crippen LogP contribution in [-0.4, -0.2) is 30.0 Å². The standard InChI is InChI=1S/C28H39N7O2/c1-17(2)15-35(16-18(3)4)26-12-11-21(22-9-7-8-10-23(22)28(32-29)33-30)13-25(26)31-27(36)14-24-19(5)34-37-20(24)6/h7-13,17-18H,14-16,29-30H2,1-6H3,(H,31,36)(H,32,33). The van der Waals surface area contributed by atoms with E-state index >= 15 is 0 Å². The van der Waals surface area contributed by atoms with Crippen LogP contribution in [0, 0.1) is 25.7 Å². The van der Waals surface area contributed by atoms with E-state index in [1.165, 1.54) is 0 Å². The fraction of sp³-hybridized carbons (Fsp3) is 0.393. The molecule has 0 aliphatic carbocycles. The van der Waals surface area contributed by atoms with Crippen LogP contribution in [0.15, 0.2) is 52.1 Å². The molecule has 2 aromatic carbocycles. The molecule has 9 nitrogen and oxygen atoms in total. The van der Waals surface area contributed by atoms with Crippen LogP contribution < -0.4 is 27.3 Å². The maximum atomic E-state index is 13.3. The number of rotatable bonds is 10. The van der Waals surface area contributed by atoms with Gasteiger partial charge in [0.25, 0.3) is 0 Å². The van der Waals surface area contributed by atoms with E-state index in [2.05, 4.69) is 65.7 Å². The molecular weight excluding hydrogens is 466 g/mol. The van der Waals surface area contributed by atoms with Crippen molar-refractivity contribution >= 4 is 23.1 Å². The molecule has 3 rings (SSSR count). The SMILES string of the molecule is Cc1noc(C)c1CC(=O)Nc1cc(-c2ccccc2/C(=N/N)NN)ccc1N(CC(C)C)CC(C)C. The molecule has 198 valence electrons. The third-order valence-corrected chi connectivity index (χ3v) is 6.06. The van der Waals surface area contributed by atoms with Crippen molar-refractivity contribution < 1.29 is 9.32 Å². The number of amides is 1. The van der Waals surface area contributed by atoms with E-state index < -0.39 is 0 Å². The lowest BCUT2D eigenvalue weighted by atomic mass is 9.97. The number of aryl methyl sites for hydroxylation is 2. The van der Waals surface area contributed by atoms with Gasteiger partial charge in [0.2, 0.25) is 5.91 Å². The van der Waals surface area contributed by atoms with Crippen LogP contribution >= 0.6 is 0 Å². The predicted molar refractivity (Wildman–Crippen MR) is 150 cm³/mol. The minimum atomic E-state index is -0.136. The Balaban J connectivity index is 2.09. The highest BCUT2D eigenvalue weighted by Gasteiger charge is 2.20. The van der Waals surface area contributed by atoms with E-state index in [9.17, 15) is 4.79 Å². The average Bonchev–Trinajstić information content (AvgIpc) is 3.16. The number of carbonyl (C=O) groups is 1. The molecule has 0 spiro atoms. The molecule has 0 aliphatic heterocycles. The summed E-state index contributed by atoms with van der Waals surface area (Å²) in [5.41, 5.74) is 8.34. The lowest BCUT2D eigenvalue weighted by molar-refractivity contribution is -0.115. The van der Waals surface area contributed by atoms with E-state index in [0.717, 1.165) is 52.4 Å². The summed E-state index contributed by atoms with van der Waals surface area (Å²) in [5, 5.41) is 10.9. The molecule has 0 bridgehead atoms. The molecule has 0 saturated heterocycles. The number of hydrazine groups is 1. The summed E-state index contributed by atoms with van der Waals surface area (Å²) in [7, 11) is 0. The number of nitrogens with zero attached hydrogens (tertiary/aromatic N) is 3. The maximum absolute atomic E-state index is 13.3. The van der Waals surface area contributed by atoms with Gasteiger partial charge in [0.1, 0.15) is 5.76 Å². The van der Waals surface area contributed by atoms with E-state index in [1.54, 1.807) is 0 Å². The number of hydrazone groups is 1. The fourth-order valence-electron chi connectivity index (χ4n) is 4.47. The molecule has 1 amide bonds. The first kappa shape index (κ1) is 27.7. The van der Waals surface area contributed by atoms with Gasteiger partial charge in [0.15, 0.2) is 5.84 Å². The summed E-state index contributed by atoms with van der Waals surface area (Å²) in [6.45, 7) is 14.2. The molecule has 0 saturated carbocycles. The average molecular weight is 506 g/mol. The lowest BCUT2D eigenvalue weighted by Crippen LogP contribution is -2.32. The van der Waals surface area contributed by atoms with E-state index in [4.69, 9.17) is 16.2 Å². The number of carbonyl (C=O) groups excluding carboxylic acids is 1. The van der Waals surface area contributed by atoms with Crippen LogP contribution in [-0.2, 0) is 11.2 Å². The topological polar surface area (TPSA) is 135 Å². The van der Waals surface area contributed by atoms with Gasteiger partial charge in [-0.3, -0.25) is 4.79 Å². The van der Waals surface area contributed by atoms with Crippen LogP contribution in [0.3, 0.4) is 0 Å². The maximum Gasteiger partial charge on any atom is 0.229 e. The summed E-state index contributed by atoms with van der Waals surface area (Å²) in [6, 6.07) is 13.8. The summed E-state index contributed by atoms with van der Waals surface area (Å²) in [5.74, 6) is 13.0. The molecule has 9 heteroatoms. The highest BCUT2D eigenvalue weighted by molar-refractivity contribution is 6.05. The molecule has 0 radical (unpaired) electrons. The van der Waals surface area contributed by atoms with Gasteiger partial charge in [-0.2, -0.15) is 5.10 Å². The van der Waals surface area contributed by atoms with Crippen molar-refractivity contribution in [1.82, 2.24) is 10.6 Å². The number of benzene rings is 2. The first-order valence-corrected chi connectivity index (χ1v) is 12.6. The Morgan fingerprint density at radius 1 is 1.08 bits per heavy atom. The minimum absolute atomic E-state index is 0.136. The van der Waals surface area contributed by atoms with Crippen LogP contribution in [0.1, 0.15) is 50.3 Å². The lowest BCUT2D eigenvalue weighted by Gasteiger charge is -2.31. The monoisotopic (exact) mass is 505 g/mol. The second-order valence-electron chi connectivity index (χ2n) is 10.1. The van der Waals surface area contributed by atoms with E-state index in [0.29, 0.717) is 23.4 Å². The van der Waals surface area contributed by atoms with Gasteiger partial charge in [-0.1, -0.05) is 63.2 Å². The van der Waals surface area contributed by atoms with Crippen molar-refractivity contribution in [2.24, 2.45) is 28.6 Å². The normalized spacial score (nSPS) is 11.8. The Bertz CT molecular complexity index is 1220. The third kappa shape index (κ3) is 6.89. The Kier molecular flexibility index (Phi) is 9.30. The Morgan fingerprint density at radius 3 is 2.32 bits per heavy atom. The number of amidine groups is 1. The molecule has 0 atom stereocenters. The second-order valence-corrected chi connectivity index (χ2v) is 10.1. The van der Waals surface area contributed by atoms with Gasteiger partial charge in [-0.15, -0.1) is 0 Å². The quantitative estimate of drug-likeness (QED) is 0.139. The molecule has 3 aromatic rings. The molecule has 37 heavy (non-hydrogen) atoms. The first-order chi connectivity index (χ1) is 17.6. The molecule has 1 heterocycles. The fourth-order valence-corrected chi connectivity index (χ4v) is 4.47. The largest absolute Gasteiger partial charge is 0.369 e. The van der Waals surface area contributed by atoms with Crippen molar-refractivity contribution in [3.8, 4) is 11.1 Å². The number of nitrogens with one attached hydrogen (secondary N) is 2. The number of hydrogen-bond acceptors (Lipinski definition) is 7. The van der Waals surface area contributed by atoms with Gasteiger partial charge in [0, 0.05) is 24.2 Å². The van der Waals surface area contributed by atoms with Crippen molar-refractivity contribution in [1.29, 1.82) is 0 Å². The molecule has 0 fully saturated rings. The summed E-state index contributed by atoms with van der Waals surface area (Å²) in [6.07, 6.45) is 0.177. The van der Waals surface area contributed by atoms with E-state index in [-0.39, 0.29) is 12.3 Å². The number of aromatic nitrogens is 1. The van der Waals surface area contributed by atoms with Gasteiger partial charge < -0.3 is 26.0 Å². The van der Waals surface area contributed by atoms with Crippen molar-refractivity contribution in [2.75, 3.05) is 23.3 Å². The molecule has 1 aromatic heterocycles. The predicted octanol–water partition coefficient (Wildman–Crippen LogP) is 4.34. The van der Waals surface area contributed by atoms with Gasteiger partial charge in [-0.25, -0.2) is 5.84 Å². The minimum Gasteiger partial charge on any atom is -0.369 e. The van der Waals surface area contributed by atoms with Gasteiger partial charge >= 0.3 is 0 Å². The summed E-state index contributed by atoms with van der Waals surface area (Å²) in [4.78, 5) is 15.6. The highest BCUT2D eigenvalue weighted by Crippen LogP contribution is 2.34. The zero-order valence-corrected chi connectivity index (χ0v) is 22.6. The van der Waals surface area contributed by atoms with Crippen LogP contribution in [0.4, 0.5) is 11.4 Å². The molecule has 0 aliphatic rings. The Hall–Kier alpha value is -3.85. The van der Waals surface area contributed by atoms with Crippen molar-refractivity contribution in [3.63, 3.8) is 0 Å². The van der Waals surface area contributed by atoms with Crippen LogP contribution in [0.25, 0.3) is 11.1 Å². The Labute approximate surface area is 219 Å². The summed E-state index contributed by atoms with van der Waals surface area (Å²) < 4.78 is 5.25. The van der Waals surface area contributed by atoms with Crippen LogP contribution in [0.5, 0.6) is 0 Å². The highest BCUT2D eigenvalue weighted by atomic mass is 16.5. The molecule has 6 N–H and O–H groups in total. The number of anilines is 2. The van der Waals surface area contributed by atoms with Gasteiger partial charge in [-0.05, 0) is 48.9 Å². The van der Waals surface area contributed by atoms with Crippen molar-refractivity contribution in [2.45, 2.75) is 48.0 Å². The number of nitrogens with two attached hydrogens (primary N) is 2. The molecule has 0 unspecified atom stereocenters. The zero-order chi connectivity index (χ0) is 27.1. The first-order valence-electron chi connectivity index (χ1n) is 12.6. The van der Waals surface area contributed by atoms with Crippen LogP contribution in [0.2, 0.25) is 0 Å². The second kappa shape index (κ2) is 12.4.